The standard InChI is InChI=1S/C19H22N2O3S/c1-2-12-3-5-13(6-4-12)18-21-16(11-25-18)10-17(22)20-15-8-7-14(9-15)19(23)24/h3-6,11,14-15H,2,7-10H2,1H3,(H,20,22)(H,23,24)/t14-,15+/m0/s1. The largest absolute Gasteiger partial charge is 0.481 e. The van der Waals surface area contributed by atoms with E-state index in [1.54, 1.807) is 0 Å². The van der Waals surface area contributed by atoms with Crippen molar-refractivity contribution in [2.24, 2.45) is 5.92 Å². The Bertz CT molecular complexity index is 754. The number of amides is 1. The molecule has 0 saturated heterocycles. The lowest BCUT2D eigenvalue weighted by Gasteiger charge is -2.11. The molecule has 0 bridgehead atoms. The average molecular weight is 358 g/mol. The fourth-order valence-electron chi connectivity index (χ4n) is 3.18. The van der Waals surface area contributed by atoms with Gasteiger partial charge < -0.3 is 10.4 Å². The van der Waals surface area contributed by atoms with Crippen LogP contribution >= 0.6 is 11.3 Å². The van der Waals surface area contributed by atoms with Crippen LogP contribution in [0.4, 0.5) is 0 Å². The number of carbonyl (C=O) groups is 2. The first-order chi connectivity index (χ1) is 12.0. The molecule has 2 atom stereocenters. The Morgan fingerprint density at radius 1 is 1.28 bits per heavy atom. The summed E-state index contributed by atoms with van der Waals surface area (Å²) >= 11 is 1.54. The maximum absolute atomic E-state index is 12.2. The first kappa shape index (κ1) is 17.6. The van der Waals surface area contributed by atoms with Gasteiger partial charge in [-0.2, -0.15) is 0 Å². The van der Waals surface area contributed by atoms with Gasteiger partial charge in [0.05, 0.1) is 18.0 Å². The Morgan fingerprint density at radius 2 is 2.04 bits per heavy atom. The van der Waals surface area contributed by atoms with Crippen molar-refractivity contribution in [1.29, 1.82) is 0 Å². The SMILES string of the molecule is CCc1ccc(-c2nc(CC(=O)N[C@@H]3CC[C@H](C(=O)O)C3)cs2)cc1. The van der Waals surface area contributed by atoms with Gasteiger partial charge in [-0.15, -0.1) is 11.3 Å². The second-order valence-electron chi connectivity index (χ2n) is 6.48. The van der Waals surface area contributed by atoms with Crippen LogP contribution in [0.3, 0.4) is 0 Å². The van der Waals surface area contributed by atoms with E-state index in [2.05, 4.69) is 41.5 Å². The lowest BCUT2D eigenvalue weighted by Crippen LogP contribution is -2.34. The number of nitrogens with one attached hydrogen (secondary N) is 1. The first-order valence-corrected chi connectivity index (χ1v) is 9.49. The number of carboxylic acid groups (broad SMARTS) is 1. The van der Waals surface area contributed by atoms with Crippen LogP contribution in [0, 0.1) is 5.92 Å². The Hall–Kier alpha value is -2.21. The number of hydrogen-bond acceptors (Lipinski definition) is 4. The quantitative estimate of drug-likeness (QED) is 0.830. The fourth-order valence-corrected chi connectivity index (χ4v) is 4.01. The molecule has 132 valence electrons. The highest BCUT2D eigenvalue weighted by molar-refractivity contribution is 7.13. The predicted molar refractivity (Wildman–Crippen MR) is 97.5 cm³/mol. The van der Waals surface area contributed by atoms with Crippen LogP contribution in [0.2, 0.25) is 0 Å². The lowest BCUT2D eigenvalue weighted by atomic mass is 10.1. The van der Waals surface area contributed by atoms with Crippen molar-refractivity contribution in [3.63, 3.8) is 0 Å². The predicted octanol–water partition coefficient (Wildman–Crippen LogP) is 3.28. The third kappa shape index (κ3) is 4.45. The van der Waals surface area contributed by atoms with Crippen LogP contribution in [0.15, 0.2) is 29.6 Å². The molecule has 0 aliphatic heterocycles. The van der Waals surface area contributed by atoms with Gasteiger partial charge in [0.1, 0.15) is 5.01 Å². The summed E-state index contributed by atoms with van der Waals surface area (Å²) in [6, 6.07) is 8.29. The zero-order valence-corrected chi connectivity index (χ0v) is 15.0. The molecular formula is C19H22N2O3S. The number of thiazole rings is 1. The number of hydrogen-bond donors (Lipinski definition) is 2. The topological polar surface area (TPSA) is 79.3 Å². The van der Waals surface area contributed by atoms with E-state index >= 15 is 0 Å². The molecule has 1 amide bonds. The fraction of sp³-hybridized carbons (Fsp3) is 0.421. The molecule has 0 spiro atoms. The molecule has 5 nitrogen and oxygen atoms in total. The van der Waals surface area contributed by atoms with Gasteiger partial charge in [-0.3, -0.25) is 9.59 Å². The Kier molecular flexibility index (Phi) is 5.48. The Balaban J connectivity index is 1.55. The van der Waals surface area contributed by atoms with Crippen molar-refractivity contribution in [2.45, 2.75) is 45.1 Å². The number of aliphatic carboxylic acids is 1. The molecule has 0 unspecified atom stereocenters. The van der Waals surface area contributed by atoms with E-state index in [-0.39, 0.29) is 24.3 Å². The van der Waals surface area contributed by atoms with Crippen molar-refractivity contribution >= 4 is 23.2 Å². The number of nitrogens with zero attached hydrogens (tertiary/aromatic N) is 1. The number of carboxylic acids is 1. The summed E-state index contributed by atoms with van der Waals surface area (Å²) in [6.45, 7) is 2.12. The van der Waals surface area contributed by atoms with E-state index in [0.29, 0.717) is 12.8 Å². The zero-order chi connectivity index (χ0) is 17.8. The molecular weight excluding hydrogens is 336 g/mol. The van der Waals surface area contributed by atoms with Crippen molar-refractivity contribution in [2.75, 3.05) is 0 Å². The van der Waals surface area contributed by atoms with Gasteiger partial charge in [0, 0.05) is 17.0 Å². The van der Waals surface area contributed by atoms with Crippen LogP contribution in [-0.4, -0.2) is 28.0 Å². The molecule has 1 aromatic carbocycles. The van der Waals surface area contributed by atoms with Crippen molar-refractivity contribution < 1.29 is 14.7 Å². The van der Waals surface area contributed by atoms with Gasteiger partial charge in [-0.1, -0.05) is 31.2 Å². The highest BCUT2D eigenvalue weighted by Gasteiger charge is 2.30. The van der Waals surface area contributed by atoms with Crippen molar-refractivity contribution in [3.8, 4) is 10.6 Å². The minimum atomic E-state index is -0.769. The lowest BCUT2D eigenvalue weighted by molar-refractivity contribution is -0.141. The van der Waals surface area contributed by atoms with E-state index in [4.69, 9.17) is 5.11 Å². The smallest absolute Gasteiger partial charge is 0.306 e. The van der Waals surface area contributed by atoms with Gasteiger partial charge in [-0.05, 0) is 31.2 Å². The van der Waals surface area contributed by atoms with E-state index < -0.39 is 5.97 Å². The zero-order valence-electron chi connectivity index (χ0n) is 14.2. The Labute approximate surface area is 151 Å². The number of carbonyl (C=O) groups excluding carboxylic acids is 1. The van der Waals surface area contributed by atoms with E-state index in [0.717, 1.165) is 29.1 Å². The normalized spacial score (nSPS) is 19.7. The molecule has 1 heterocycles. The summed E-state index contributed by atoms with van der Waals surface area (Å²) in [7, 11) is 0. The summed E-state index contributed by atoms with van der Waals surface area (Å²) in [6.07, 6.45) is 3.13. The van der Waals surface area contributed by atoms with E-state index in [1.807, 2.05) is 5.38 Å². The molecule has 3 rings (SSSR count). The number of rotatable bonds is 6. The molecule has 2 N–H and O–H groups in total. The second kappa shape index (κ2) is 7.78. The first-order valence-electron chi connectivity index (χ1n) is 8.61. The van der Waals surface area contributed by atoms with Crippen LogP contribution < -0.4 is 5.32 Å². The van der Waals surface area contributed by atoms with E-state index in [9.17, 15) is 9.59 Å². The monoisotopic (exact) mass is 358 g/mol. The van der Waals surface area contributed by atoms with Crippen LogP contribution in [0.5, 0.6) is 0 Å². The molecule has 1 fully saturated rings. The third-order valence-electron chi connectivity index (χ3n) is 4.65. The van der Waals surface area contributed by atoms with Crippen molar-refractivity contribution in [3.05, 3.63) is 40.9 Å². The van der Waals surface area contributed by atoms with Crippen LogP contribution in [0.25, 0.3) is 10.6 Å². The maximum atomic E-state index is 12.2. The summed E-state index contributed by atoms with van der Waals surface area (Å²) in [5, 5.41) is 14.8. The second-order valence-corrected chi connectivity index (χ2v) is 7.34. The van der Waals surface area contributed by atoms with Gasteiger partial charge in [0.15, 0.2) is 0 Å². The molecule has 1 saturated carbocycles. The highest BCUT2D eigenvalue weighted by Crippen LogP contribution is 2.26. The molecule has 2 aromatic rings. The molecule has 1 aliphatic carbocycles. The average Bonchev–Trinajstić information content (AvgIpc) is 3.24. The number of benzene rings is 1. The molecule has 25 heavy (non-hydrogen) atoms. The van der Waals surface area contributed by atoms with Crippen molar-refractivity contribution in [1.82, 2.24) is 10.3 Å². The van der Waals surface area contributed by atoms with Gasteiger partial charge in [0.2, 0.25) is 5.91 Å². The number of aryl methyl sites for hydroxylation is 1. The molecule has 1 aromatic heterocycles. The van der Waals surface area contributed by atoms with Crippen LogP contribution in [0.1, 0.15) is 37.4 Å². The summed E-state index contributed by atoms with van der Waals surface area (Å²) in [5.74, 6) is -1.19. The Morgan fingerprint density at radius 3 is 2.68 bits per heavy atom. The number of aromatic nitrogens is 1. The van der Waals surface area contributed by atoms with Gasteiger partial charge >= 0.3 is 5.97 Å². The van der Waals surface area contributed by atoms with E-state index in [1.165, 1.54) is 16.9 Å². The molecule has 1 aliphatic rings. The molecule has 0 radical (unpaired) electrons. The highest BCUT2D eigenvalue weighted by atomic mass is 32.1. The van der Waals surface area contributed by atoms with Gasteiger partial charge in [-0.25, -0.2) is 4.98 Å². The maximum Gasteiger partial charge on any atom is 0.306 e. The van der Waals surface area contributed by atoms with Crippen LogP contribution in [-0.2, 0) is 22.4 Å². The summed E-state index contributed by atoms with van der Waals surface area (Å²) in [4.78, 5) is 27.7. The minimum Gasteiger partial charge on any atom is -0.481 e. The van der Waals surface area contributed by atoms with Gasteiger partial charge in [0.25, 0.3) is 0 Å². The summed E-state index contributed by atoms with van der Waals surface area (Å²) in [5.41, 5.74) is 3.11. The molecule has 6 heteroatoms. The minimum absolute atomic E-state index is 0.0340. The summed E-state index contributed by atoms with van der Waals surface area (Å²) < 4.78 is 0. The third-order valence-corrected chi connectivity index (χ3v) is 5.59.